The van der Waals surface area contributed by atoms with Gasteiger partial charge in [-0.25, -0.2) is 0 Å². The molecule has 5 nitrogen and oxygen atoms in total. The summed E-state index contributed by atoms with van der Waals surface area (Å²) in [6.45, 7) is 8.73. The van der Waals surface area contributed by atoms with Crippen molar-refractivity contribution in [2.75, 3.05) is 40.8 Å². The van der Waals surface area contributed by atoms with Crippen molar-refractivity contribution in [3.8, 4) is 0 Å². The van der Waals surface area contributed by atoms with Crippen LogP contribution in [-0.2, 0) is 11.3 Å². The molecule has 0 radical (unpaired) electrons. The molecule has 1 aliphatic heterocycles. The van der Waals surface area contributed by atoms with Crippen molar-refractivity contribution < 1.29 is 4.74 Å². The summed E-state index contributed by atoms with van der Waals surface area (Å²) >= 11 is 0. The van der Waals surface area contributed by atoms with Gasteiger partial charge in [0.05, 0.1) is 17.9 Å². The van der Waals surface area contributed by atoms with Crippen molar-refractivity contribution in [2.45, 2.75) is 64.0 Å². The van der Waals surface area contributed by atoms with Gasteiger partial charge in [0.1, 0.15) is 0 Å². The lowest BCUT2D eigenvalue weighted by Gasteiger charge is -2.37. The highest BCUT2D eigenvalue weighted by Gasteiger charge is 2.46. The minimum absolute atomic E-state index is 0.152. The van der Waals surface area contributed by atoms with Crippen LogP contribution in [0.2, 0.25) is 0 Å². The second-order valence-corrected chi connectivity index (χ2v) is 9.42. The van der Waals surface area contributed by atoms with Crippen LogP contribution in [0.4, 0.5) is 0 Å². The third-order valence-corrected chi connectivity index (χ3v) is 5.98. The summed E-state index contributed by atoms with van der Waals surface area (Å²) < 4.78 is 6.27. The molecule has 1 saturated carbocycles. The van der Waals surface area contributed by atoms with E-state index in [-0.39, 0.29) is 5.60 Å². The third-order valence-electron chi connectivity index (χ3n) is 5.98. The van der Waals surface area contributed by atoms with Gasteiger partial charge in [0.25, 0.3) is 0 Å². The molecule has 2 fully saturated rings. The summed E-state index contributed by atoms with van der Waals surface area (Å²) in [4.78, 5) is 4.62. The Morgan fingerprint density at radius 2 is 1.92 bits per heavy atom. The van der Waals surface area contributed by atoms with Crippen molar-refractivity contribution in [3.63, 3.8) is 0 Å². The van der Waals surface area contributed by atoms with E-state index in [4.69, 9.17) is 4.74 Å². The van der Waals surface area contributed by atoms with E-state index in [1.165, 1.54) is 43.4 Å². The normalized spacial score (nSPS) is 29.2. The van der Waals surface area contributed by atoms with Crippen LogP contribution in [0.5, 0.6) is 0 Å². The van der Waals surface area contributed by atoms with Gasteiger partial charge < -0.3 is 14.5 Å². The zero-order valence-electron chi connectivity index (χ0n) is 16.8. The molecule has 5 heteroatoms. The van der Waals surface area contributed by atoms with Gasteiger partial charge in [-0.1, -0.05) is 13.8 Å². The molecule has 1 spiro atoms. The molecular formula is C20H36N4O. The topological polar surface area (TPSA) is 44.4 Å². The summed E-state index contributed by atoms with van der Waals surface area (Å²) in [5.41, 5.74) is 3.16. The summed E-state index contributed by atoms with van der Waals surface area (Å²) in [6, 6.07) is 0. The number of hydrogen-bond acceptors (Lipinski definition) is 4. The maximum absolute atomic E-state index is 6.27. The van der Waals surface area contributed by atoms with Gasteiger partial charge in [0.15, 0.2) is 0 Å². The lowest BCUT2D eigenvalue weighted by Crippen LogP contribution is -2.34. The van der Waals surface area contributed by atoms with E-state index in [0.29, 0.717) is 11.3 Å². The summed E-state index contributed by atoms with van der Waals surface area (Å²) in [5.74, 6) is 0.585. The Morgan fingerprint density at radius 3 is 2.52 bits per heavy atom. The van der Waals surface area contributed by atoms with Gasteiger partial charge in [0, 0.05) is 37.3 Å². The van der Waals surface area contributed by atoms with E-state index in [0.717, 1.165) is 26.2 Å². The molecule has 1 aliphatic carbocycles. The van der Waals surface area contributed by atoms with E-state index < -0.39 is 0 Å². The molecule has 1 aromatic rings. The highest BCUT2D eigenvalue weighted by Crippen LogP contribution is 2.49. The molecule has 0 aromatic carbocycles. The van der Waals surface area contributed by atoms with Gasteiger partial charge in [-0.15, -0.1) is 0 Å². The number of nitrogens with zero attached hydrogens (tertiary/aromatic N) is 3. The average molecular weight is 349 g/mol. The maximum Gasteiger partial charge on any atom is 0.0697 e. The monoisotopic (exact) mass is 348 g/mol. The van der Waals surface area contributed by atoms with Crippen LogP contribution in [0.15, 0.2) is 6.20 Å². The summed E-state index contributed by atoms with van der Waals surface area (Å²) in [7, 11) is 6.45. The van der Waals surface area contributed by atoms with Gasteiger partial charge in [0.2, 0.25) is 0 Å². The molecule has 0 bridgehead atoms. The Kier molecular flexibility index (Phi) is 5.57. The fraction of sp³-hybridized carbons (Fsp3) is 0.850. The lowest BCUT2D eigenvalue weighted by molar-refractivity contribution is -0.0296. The molecular weight excluding hydrogens is 312 g/mol. The number of nitrogens with one attached hydrogen (secondary N) is 1. The van der Waals surface area contributed by atoms with Crippen LogP contribution in [-0.4, -0.2) is 66.4 Å². The Labute approximate surface area is 153 Å². The zero-order chi connectivity index (χ0) is 18.1. The number of H-pyrrole nitrogens is 1. The summed E-state index contributed by atoms with van der Waals surface area (Å²) in [5, 5.41) is 7.75. The van der Waals surface area contributed by atoms with Crippen molar-refractivity contribution in [1.82, 2.24) is 20.0 Å². The van der Waals surface area contributed by atoms with Crippen LogP contribution in [0.25, 0.3) is 0 Å². The molecule has 1 aromatic heterocycles. The molecule has 1 N–H and O–H groups in total. The Morgan fingerprint density at radius 1 is 1.20 bits per heavy atom. The first-order chi connectivity index (χ1) is 11.8. The molecule has 25 heavy (non-hydrogen) atoms. The highest BCUT2D eigenvalue weighted by atomic mass is 16.5. The third kappa shape index (κ3) is 4.63. The second-order valence-electron chi connectivity index (χ2n) is 9.42. The van der Waals surface area contributed by atoms with Crippen LogP contribution in [0.3, 0.4) is 0 Å². The lowest BCUT2D eigenvalue weighted by atomic mass is 9.72. The number of rotatable bonds is 6. The molecule has 0 amide bonds. The van der Waals surface area contributed by atoms with E-state index >= 15 is 0 Å². The van der Waals surface area contributed by atoms with Gasteiger partial charge >= 0.3 is 0 Å². The number of likely N-dealkylation sites (N-methyl/N-ethyl adjacent to an activating group) is 2. The second kappa shape index (κ2) is 7.37. The van der Waals surface area contributed by atoms with Crippen molar-refractivity contribution >= 4 is 0 Å². The first-order valence-electron chi connectivity index (χ1n) is 9.78. The fourth-order valence-electron chi connectivity index (χ4n) is 4.61. The Bertz CT molecular complexity index is 558. The smallest absolute Gasteiger partial charge is 0.0697 e. The SMILES string of the molecule is CN(C)CCN(C)Cc1c[nH]nc1[C@H]1CC[C@@]2(CC1)CC(C)(C)CO2. The predicted octanol–water partition coefficient (Wildman–Crippen LogP) is 3.25. The first-order valence-corrected chi connectivity index (χ1v) is 9.78. The molecule has 2 aliphatic rings. The molecule has 1 saturated heterocycles. The number of hydrogen-bond donors (Lipinski definition) is 1. The first kappa shape index (κ1) is 18.9. The van der Waals surface area contributed by atoms with Crippen LogP contribution in [0.1, 0.15) is 63.1 Å². The molecule has 0 unspecified atom stereocenters. The van der Waals surface area contributed by atoms with Gasteiger partial charge in [-0.3, -0.25) is 5.10 Å². The van der Waals surface area contributed by atoms with Crippen molar-refractivity contribution in [2.24, 2.45) is 5.41 Å². The van der Waals surface area contributed by atoms with Crippen molar-refractivity contribution in [3.05, 3.63) is 17.5 Å². The Hall–Kier alpha value is -0.910. The van der Waals surface area contributed by atoms with Gasteiger partial charge in [-0.2, -0.15) is 5.10 Å². The predicted molar refractivity (Wildman–Crippen MR) is 102 cm³/mol. The molecule has 3 rings (SSSR count). The largest absolute Gasteiger partial charge is 0.374 e. The van der Waals surface area contributed by atoms with Crippen LogP contribution < -0.4 is 0 Å². The maximum atomic E-state index is 6.27. The number of aromatic amines is 1. The van der Waals surface area contributed by atoms with Crippen molar-refractivity contribution in [1.29, 1.82) is 0 Å². The zero-order valence-corrected chi connectivity index (χ0v) is 16.8. The van der Waals surface area contributed by atoms with Gasteiger partial charge in [-0.05, 0) is 58.7 Å². The van der Waals surface area contributed by atoms with Crippen LogP contribution >= 0.6 is 0 Å². The average Bonchev–Trinajstić information content (AvgIpc) is 3.11. The number of ether oxygens (including phenoxy) is 1. The van der Waals surface area contributed by atoms with E-state index in [1.54, 1.807) is 0 Å². The standard InChI is InChI=1S/C20H36N4O/c1-19(2)14-20(25-15-19)8-6-16(7-9-20)18-17(12-21-22-18)13-24(5)11-10-23(3)4/h12,16H,6-11,13-15H2,1-5H3,(H,21,22)/t16-,20+. The van der Waals surface area contributed by atoms with E-state index in [9.17, 15) is 0 Å². The van der Waals surface area contributed by atoms with Crippen LogP contribution in [0, 0.1) is 5.41 Å². The molecule has 0 atom stereocenters. The minimum Gasteiger partial charge on any atom is -0.374 e. The quantitative estimate of drug-likeness (QED) is 0.857. The highest BCUT2D eigenvalue weighted by molar-refractivity contribution is 5.22. The van der Waals surface area contributed by atoms with E-state index in [2.05, 4.69) is 61.2 Å². The molecule has 2 heterocycles. The molecule has 142 valence electrons. The number of aromatic nitrogens is 2. The minimum atomic E-state index is 0.152. The van der Waals surface area contributed by atoms with E-state index in [1.807, 2.05) is 0 Å². The fourth-order valence-corrected chi connectivity index (χ4v) is 4.61. The Balaban J connectivity index is 1.57. The summed E-state index contributed by atoms with van der Waals surface area (Å²) in [6.07, 6.45) is 8.09.